The van der Waals surface area contributed by atoms with Crippen LogP contribution in [0.2, 0.25) is 0 Å². The Balaban J connectivity index is 2.28. The lowest BCUT2D eigenvalue weighted by atomic mass is 10.2. The molecule has 0 unspecified atom stereocenters. The molecule has 1 aromatic heterocycles. The first-order valence-electron chi connectivity index (χ1n) is 7.21. The van der Waals surface area contributed by atoms with Crippen molar-refractivity contribution >= 4 is 17.4 Å². The van der Waals surface area contributed by atoms with Gasteiger partial charge in [0.05, 0.1) is 5.69 Å². The maximum Gasteiger partial charge on any atom is 0.274 e. The van der Waals surface area contributed by atoms with Gasteiger partial charge in [-0.25, -0.2) is 14.4 Å². The number of aromatic nitrogens is 2. The quantitative estimate of drug-likeness (QED) is 0.922. The number of amides is 1. The zero-order valence-corrected chi connectivity index (χ0v) is 12.9. The molecule has 0 aliphatic heterocycles. The molecule has 22 heavy (non-hydrogen) atoms. The van der Waals surface area contributed by atoms with Crippen molar-refractivity contribution in [3.05, 3.63) is 47.7 Å². The Morgan fingerprint density at radius 2 is 1.91 bits per heavy atom. The molecule has 5 nitrogen and oxygen atoms in total. The third-order valence-corrected chi connectivity index (χ3v) is 3.27. The van der Waals surface area contributed by atoms with Crippen LogP contribution >= 0.6 is 0 Å². The summed E-state index contributed by atoms with van der Waals surface area (Å²) in [5, 5.41) is 2.53. The highest BCUT2D eigenvalue weighted by Gasteiger charge is 2.14. The Hall–Kier alpha value is -2.50. The first-order chi connectivity index (χ1) is 10.5. The summed E-state index contributed by atoms with van der Waals surface area (Å²) in [6.45, 7) is 7.32. The van der Waals surface area contributed by atoms with Crippen LogP contribution in [-0.4, -0.2) is 29.0 Å². The molecule has 2 rings (SSSR count). The maximum absolute atomic E-state index is 13.6. The van der Waals surface area contributed by atoms with Gasteiger partial charge in [-0.3, -0.25) is 4.79 Å². The van der Waals surface area contributed by atoms with Gasteiger partial charge < -0.3 is 10.2 Å². The second kappa shape index (κ2) is 6.98. The number of aryl methyl sites for hydroxylation is 1. The fourth-order valence-electron chi connectivity index (χ4n) is 2.13. The van der Waals surface area contributed by atoms with E-state index in [1.165, 1.54) is 12.1 Å². The van der Waals surface area contributed by atoms with E-state index in [1.807, 2.05) is 18.7 Å². The van der Waals surface area contributed by atoms with Crippen molar-refractivity contribution in [2.24, 2.45) is 0 Å². The normalized spacial score (nSPS) is 10.4. The number of hydrogen-bond acceptors (Lipinski definition) is 4. The fourth-order valence-corrected chi connectivity index (χ4v) is 2.13. The van der Waals surface area contributed by atoms with Crippen molar-refractivity contribution in [1.82, 2.24) is 9.97 Å². The van der Waals surface area contributed by atoms with E-state index >= 15 is 0 Å². The zero-order valence-electron chi connectivity index (χ0n) is 12.9. The van der Waals surface area contributed by atoms with Crippen LogP contribution in [0.3, 0.4) is 0 Å². The monoisotopic (exact) mass is 302 g/mol. The standard InChI is InChI=1S/C16H19FN4O/c1-4-21(5-2)15-10-14(18-11(3)19-15)16(22)20-13-9-7-6-8-12(13)17/h6-10H,4-5H2,1-3H3,(H,20,22). The van der Waals surface area contributed by atoms with Crippen LogP contribution in [0.15, 0.2) is 30.3 Å². The van der Waals surface area contributed by atoms with Crippen molar-refractivity contribution in [1.29, 1.82) is 0 Å². The lowest BCUT2D eigenvalue weighted by Gasteiger charge is -2.20. The molecule has 0 atom stereocenters. The van der Waals surface area contributed by atoms with Crippen LogP contribution in [0.25, 0.3) is 0 Å². The minimum absolute atomic E-state index is 0.133. The molecule has 0 fully saturated rings. The molecule has 6 heteroatoms. The van der Waals surface area contributed by atoms with Gasteiger partial charge in [-0.1, -0.05) is 12.1 Å². The third-order valence-electron chi connectivity index (χ3n) is 3.27. The van der Waals surface area contributed by atoms with Crippen LogP contribution in [-0.2, 0) is 0 Å². The molecule has 0 spiro atoms. The van der Waals surface area contributed by atoms with E-state index in [9.17, 15) is 9.18 Å². The molecule has 1 amide bonds. The van der Waals surface area contributed by atoms with Crippen LogP contribution < -0.4 is 10.2 Å². The van der Waals surface area contributed by atoms with Crippen LogP contribution in [0, 0.1) is 12.7 Å². The first kappa shape index (κ1) is 15.9. The Bertz CT molecular complexity index is 671. The smallest absolute Gasteiger partial charge is 0.274 e. The summed E-state index contributed by atoms with van der Waals surface area (Å²) in [7, 11) is 0. The average Bonchev–Trinajstić information content (AvgIpc) is 2.50. The summed E-state index contributed by atoms with van der Waals surface area (Å²) in [6, 6.07) is 7.65. The Morgan fingerprint density at radius 3 is 2.55 bits per heavy atom. The van der Waals surface area contributed by atoms with Gasteiger partial charge in [-0.15, -0.1) is 0 Å². The van der Waals surface area contributed by atoms with Gasteiger partial charge in [-0.05, 0) is 32.9 Å². The van der Waals surface area contributed by atoms with Gasteiger partial charge in [0, 0.05) is 19.2 Å². The van der Waals surface area contributed by atoms with E-state index in [0.29, 0.717) is 11.6 Å². The molecule has 1 N–H and O–H groups in total. The molecule has 0 bridgehead atoms. The highest BCUT2D eigenvalue weighted by molar-refractivity contribution is 6.03. The molecule has 0 aliphatic carbocycles. The minimum atomic E-state index is -0.481. The van der Waals surface area contributed by atoms with Crippen LogP contribution in [0.1, 0.15) is 30.2 Å². The molecular weight excluding hydrogens is 283 g/mol. The van der Waals surface area contributed by atoms with E-state index in [-0.39, 0.29) is 11.4 Å². The summed E-state index contributed by atoms with van der Waals surface area (Å²) in [6.07, 6.45) is 0. The first-order valence-corrected chi connectivity index (χ1v) is 7.21. The molecule has 0 saturated heterocycles. The molecule has 0 aliphatic rings. The number of para-hydroxylation sites is 1. The third kappa shape index (κ3) is 3.58. The summed E-state index contributed by atoms with van der Waals surface area (Å²) in [4.78, 5) is 22.8. The topological polar surface area (TPSA) is 58.1 Å². The van der Waals surface area contributed by atoms with Crippen molar-refractivity contribution in [2.75, 3.05) is 23.3 Å². The van der Waals surface area contributed by atoms with E-state index in [2.05, 4.69) is 15.3 Å². The maximum atomic E-state index is 13.6. The highest BCUT2D eigenvalue weighted by Crippen LogP contribution is 2.16. The lowest BCUT2D eigenvalue weighted by molar-refractivity contribution is 0.102. The largest absolute Gasteiger partial charge is 0.357 e. The van der Waals surface area contributed by atoms with E-state index in [0.717, 1.165) is 13.1 Å². The predicted octanol–water partition coefficient (Wildman–Crippen LogP) is 3.02. The van der Waals surface area contributed by atoms with Gasteiger partial charge in [-0.2, -0.15) is 0 Å². The number of carbonyl (C=O) groups excluding carboxylic acids is 1. The number of rotatable bonds is 5. The van der Waals surface area contributed by atoms with Crippen molar-refractivity contribution in [3.63, 3.8) is 0 Å². The molecule has 116 valence electrons. The molecule has 0 radical (unpaired) electrons. The Kier molecular flexibility index (Phi) is 5.04. The summed E-state index contributed by atoms with van der Waals surface area (Å²) in [5.41, 5.74) is 0.353. The minimum Gasteiger partial charge on any atom is -0.357 e. The van der Waals surface area contributed by atoms with Crippen LogP contribution in [0.4, 0.5) is 15.9 Å². The van der Waals surface area contributed by atoms with Gasteiger partial charge in [0.2, 0.25) is 0 Å². The number of halogens is 1. The number of hydrogen-bond donors (Lipinski definition) is 1. The van der Waals surface area contributed by atoms with E-state index in [1.54, 1.807) is 25.1 Å². The summed E-state index contributed by atoms with van der Waals surface area (Å²) in [5.74, 6) is 0.258. The van der Waals surface area contributed by atoms with Crippen molar-refractivity contribution in [2.45, 2.75) is 20.8 Å². The second-order valence-corrected chi connectivity index (χ2v) is 4.76. The van der Waals surface area contributed by atoms with Gasteiger partial charge in [0.15, 0.2) is 0 Å². The highest BCUT2D eigenvalue weighted by atomic mass is 19.1. The SMILES string of the molecule is CCN(CC)c1cc(C(=O)Nc2ccccc2F)nc(C)n1. The summed E-state index contributed by atoms with van der Waals surface area (Å²) >= 11 is 0. The molecule has 0 saturated carbocycles. The lowest BCUT2D eigenvalue weighted by Crippen LogP contribution is -2.25. The summed E-state index contributed by atoms with van der Waals surface area (Å²) < 4.78 is 13.6. The number of carbonyl (C=O) groups is 1. The molecule has 1 aromatic carbocycles. The second-order valence-electron chi connectivity index (χ2n) is 4.76. The predicted molar refractivity (Wildman–Crippen MR) is 84.7 cm³/mol. The molecule has 2 aromatic rings. The van der Waals surface area contributed by atoms with Gasteiger partial charge >= 0.3 is 0 Å². The van der Waals surface area contributed by atoms with Gasteiger partial charge in [0.1, 0.15) is 23.2 Å². The number of anilines is 2. The Morgan fingerprint density at radius 1 is 1.23 bits per heavy atom. The Labute approximate surface area is 129 Å². The van der Waals surface area contributed by atoms with Crippen molar-refractivity contribution in [3.8, 4) is 0 Å². The van der Waals surface area contributed by atoms with E-state index in [4.69, 9.17) is 0 Å². The van der Waals surface area contributed by atoms with Crippen molar-refractivity contribution < 1.29 is 9.18 Å². The molecule has 1 heterocycles. The fraction of sp³-hybridized carbons (Fsp3) is 0.312. The van der Waals surface area contributed by atoms with Crippen LogP contribution in [0.5, 0.6) is 0 Å². The number of benzene rings is 1. The van der Waals surface area contributed by atoms with E-state index < -0.39 is 11.7 Å². The molecular formula is C16H19FN4O. The number of nitrogens with one attached hydrogen (secondary N) is 1. The van der Waals surface area contributed by atoms with Gasteiger partial charge in [0.25, 0.3) is 5.91 Å². The zero-order chi connectivity index (χ0) is 16.1. The average molecular weight is 302 g/mol. The number of nitrogens with zero attached hydrogens (tertiary/aromatic N) is 3.